The molecule has 0 radical (unpaired) electrons. The van der Waals surface area contributed by atoms with Crippen LogP contribution in [-0.4, -0.2) is 32.6 Å². The van der Waals surface area contributed by atoms with Gasteiger partial charge in [0, 0.05) is 19.8 Å². The van der Waals surface area contributed by atoms with Crippen molar-refractivity contribution in [3.63, 3.8) is 0 Å². The first kappa shape index (κ1) is 12.9. The molecule has 4 nitrogen and oxygen atoms in total. The number of anilines is 1. The minimum Gasteiger partial charge on any atom is -0.378 e. The van der Waals surface area contributed by atoms with Crippen molar-refractivity contribution in [2.45, 2.75) is 24.8 Å². The summed E-state index contributed by atoms with van der Waals surface area (Å²) in [5, 5.41) is 3.17. The van der Waals surface area contributed by atoms with E-state index in [2.05, 4.69) is 34.5 Å². The molecule has 18 heavy (non-hydrogen) atoms. The second kappa shape index (κ2) is 5.40. The van der Waals surface area contributed by atoms with Crippen molar-refractivity contribution < 1.29 is 4.79 Å². The standard InChI is InChI=1S/C14H21N3O/c1-17(2)12-5-3-10(4-6-12)11-7-8-16-13(9-11)14(15)18/h3-6,11,13,16H,7-9H2,1-2H3,(H2,15,18). The number of hydrogen-bond acceptors (Lipinski definition) is 3. The van der Waals surface area contributed by atoms with Gasteiger partial charge in [0.1, 0.15) is 0 Å². The number of carbonyl (C=O) groups is 1. The highest BCUT2D eigenvalue weighted by Crippen LogP contribution is 2.28. The van der Waals surface area contributed by atoms with Gasteiger partial charge in [0.2, 0.25) is 5.91 Å². The monoisotopic (exact) mass is 247 g/mol. The SMILES string of the molecule is CN(C)c1ccc(C2CCNC(C(N)=O)C2)cc1. The van der Waals surface area contributed by atoms with Gasteiger partial charge in [-0.25, -0.2) is 0 Å². The van der Waals surface area contributed by atoms with Crippen molar-refractivity contribution in [2.75, 3.05) is 25.5 Å². The van der Waals surface area contributed by atoms with Crippen LogP contribution < -0.4 is 16.0 Å². The number of nitrogens with two attached hydrogens (primary N) is 1. The largest absolute Gasteiger partial charge is 0.378 e. The molecule has 4 heteroatoms. The average Bonchev–Trinajstić information content (AvgIpc) is 2.39. The molecule has 3 N–H and O–H groups in total. The number of primary amides is 1. The first-order chi connectivity index (χ1) is 8.58. The van der Waals surface area contributed by atoms with Crippen LogP contribution >= 0.6 is 0 Å². The second-order valence-corrected chi connectivity index (χ2v) is 5.12. The smallest absolute Gasteiger partial charge is 0.234 e. The van der Waals surface area contributed by atoms with E-state index >= 15 is 0 Å². The minimum absolute atomic E-state index is 0.183. The molecule has 1 aromatic rings. The molecule has 1 saturated heterocycles. The summed E-state index contributed by atoms with van der Waals surface area (Å²) >= 11 is 0. The average molecular weight is 247 g/mol. The van der Waals surface area contributed by atoms with Gasteiger partial charge in [-0.05, 0) is 43.0 Å². The number of nitrogens with zero attached hydrogens (tertiary/aromatic N) is 1. The number of nitrogens with one attached hydrogen (secondary N) is 1. The van der Waals surface area contributed by atoms with E-state index in [9.17, 15) is 4.79 Å². The summed E-state index contributed by atoms with van der Waals surface area (Å²) in [7, 11) is 4.06. The highest BCUT2D eigenvalue weighted by molar-refractivity contribution is 5.80. The van der Waals surface area contributed by atoms with Gasteiger partial charge in [0.15, 0.2) is 0 Å². The highest BCUT2D eigenvalue weighted by atomic mass is 16.1. The Balaban J connectivity index is 2.09. The third-order valence-electron chi connectivity index (χ3n) is 3.63. The Kier molecular flexibility index (Phi) is 3.87. The van der Waals surface area contributed by atoms with Crippen LogP contribution in [0, 0.1) is 0 Å². The molecule has 1 aliphatic rings. The lowest BCUT2D eigenvalue weighted by atomic mass is 9.86. The normalized spacial score (nSPS) is 23.7. The predicted octanol–water partition coefficient (Wildman–Crippen LogP) is 1.07. The quantitative estimate of drug-likeness (QED) is 0.840. The van der Waals surface area contributed by atoms with E-state index in [1.165, 1.54) is 11.3 Å². The number of carbonyl (C=O) groups excluding carboxylic acids is 1. The summed E-state index contributed by atoms with van der Waals surface area (Å²) in [4.78, 5) is 13.3. The van der Waals surface area contributed by atoms with Crippen LogP contribution in [0.2, 0.25) is 0 Å². The summed E-state index contributed by atoms with van der Waals surface area (Å²) in [5.74, 6) is 0.185. The molecular weight excluding hydrogens is 226 g/mol. The van der Waals surface area contributed by atoms with E-state index in [1.807, 2.05) is 14.1 Å². The van der Waals surface area contributed by atoms with Crippen molar-refractivity contribution in [2.24, 2.45) is 5.73 Å². The maximum absolute atomic E-state index is 11.2. The lowest BCUT2D eigenvalue weighted by Gasteiger charge is -2.29. The third-order valence-corrected chi connectivity index (χ3v) is 3.63. The van der Waals surface area contributed by atoms with Crippen molar-refractivity contribution in [1.82, 2.24) is 5.32 Å². The van der Waals surface area contributed by atoms with E-state index < -0.39 is 0 Å². The molecule has 0 saturated carbocycles. The van der Waals surface area contributed by atoms with Crippen molar-refractivity contribution >= 4 is 11.6 Å². The van der Waals surface area contributed by atoms with Crippen LogP contribution in [0.3, 0.4) is 0 Å². The zero-order valence-electron chi connectivity index (χ0n) is 11.0. The van der Waals surface area contributed by atoms with Crippen LogP contribution in [0.15, 0.2) is 24.3 Å². The molecule has 1 aliphatic heterocycles. The highest BCUT2D eigenvalue weighted by Gasteiger charge is 2.25. The Hall–Kier alpha value is -1.55. The van der Waals surface area contributed by atoms with Gasteiger partial charge in [-0.15, -0.1) is 0 Å². The molecule has 0 aliphatic carbocycles. The lowest BCUT2D eigenvalue weighted by molar-refractivity contribution is -0.120. The fourth-order valence-corrected chi connectivity index (χ4v) is 2.48. The van der Waals surface area contributed by atoms with E-state index in [-0.39, 0.29) is 11.9 Å². The molecule has 2 atom stereocenters. The van der Waals surface area contributed by atoms with Gasteiger partial charge in [0.05, 0.1) is 6.04 Å². The molecule has 2 unspecified atom stereocenters. The van der Waals surface area contributed by atoms with Gasteiger partial charge in [-0.3, -0.25) is 4.79 Å². The molecule has 98 valence electrons. The van der Waals surface area contributed by atoms with E-state index in [4.69, 9.17) is 5.73 Å². The molecular formula is C14H21N3O. The maximum Gasteiger partial charge on any atom is 0.234 e. The zero-order chi connectivity index (χ0) is 13.1. The summed E-state index contributed by atoms with van der Waals surface area (Å²) in [6.45, 7) is 0.855. The Morgan fingerprint density at radius 1 is 1.33 bits per heavy atom. The van der Waals surface area contributed by atoms with E-state index in [1.54, 1.807) is 0 Å². The zero-order valence-corrected chi connectivity index (χ0v) is 11.0. The van der Waals surface area contributed by atoms with E-state index in [0.29, 0.717) is 5.92 Å². The van der Waals surface area contributed by atoms with Crippen LogP contribution in [0.1, 0.15) is 24.3 Å². The Morgan fingerprint density at radius 2 is 2.00 bits per heavy atom. The molecule has 1 aromatic carbocycles. The fraction of sp³-hybridized carbons (Fsp3) is 0.500. The summed E-state index contributed by atoms with van der Waals surface area (Å²) in [5.41, 5.74) is 7.86. The van der Waals surface area contributed by atoms with Gasteiger partial charge >= 0.3 is 0 Å². The number of benzene rings is 1. The van der Waals surface area contributed by atoms with E-state index in [0.717, 1.165) is 19.4 Å². The first-order valence-electron chi connectivity index (χ1n) is 6.38. The topological polar surface area (TPSA) is 58.4 Å². The Bertz CT molecular complexity index is 414. The fourth-order valence-electron chi connectivity index (χ4n) is 2.48. The predicted molar refractivity (Wildman–Crippen MR) is 73.7 cm³/mol. The minimum atomic E-state index is -0.246. The van der Waals surface area contributed by atoms with Crippen LogP contribution in [0.5, 0.6) is 0 Å². The van der Waals surface area contributed by atoms with Crippen LogP contribution in [-0.2, 0) is 4.79 Å². The number of amides is 1. The first-order valence-corrected chi connectivity index (χ1v) is 6.38. The molecule has 1 fully saturated rings. The summed E-state index contributed by atoms with van der Waals surface area (Å²) in [6.07, 6.45) is 1.86. The molecule has 0 aromatic heterocycles. The van der Waals surface area contributed by atoms with Gasteiger partial charge in [-0.2, -0.15) is 0 Å². The molecule has 1 amide bonds. The molecule has 0 spiro atoms. The van der Waals surface area contributed by atoms with Crippen molar-refractivity contribution in [3.05, 3.63) is 29.8 Å². The van der Waals surface area contributed by atoms with Crippen molar-refractivity contribution in [3.8, 4) is 0 Å². The summed E-state index contributed by atoms with van der Waals surface area (Å²) in [6, 6.07) is 8.37. The Morgan fingerprint density at radius 3 is 2.56 bits per heavy atom. The van der Waals surface area contributed by atoms with Gasteiger partial charge in [-0.1, -0.05) is 12.1 Å². The lowest BCUT2D eigenvalue weighted by Crippen LogP contribution is -2.46. The Labute approximate surface area is 108 Å². The van der Waals surface area contributed by atoms with Crippen molar-refractivity contribution in [1.29, 1.82) is 0 Å². The molecule has 0 bridgehead atoms. The second-order valence-electron chi connectivity index (χ2n) is 5.12. The van der Waals surface area contributed by atoms with Gasteiger partial charge < -0.3 is 16.0 Å². The number of hydrogen-bond donors (Lipinski definition) is 2. The van der Waals surface area contributed by atoms with Crippen LogP contribution in [0.4, 0.5) is 5.69 Å². The number of piperidine rings is 1. The maximum atomic E-state index is 11.2. The summed E-state index contributed by atoms with van der Waals surface area (Å²) < 4.78 is 0. The van der Waals surface area contributed by atoms with Gasteiger partial charge in [0.25, 0.3) is 0 Å². The molecule has 2 rings (SSSR count). The molecule has 1 heterocycles. The number of rotatable bonds is 3. The third kappa shape index (κ3) is 2.82. The van der Waals surface area contributed by atoms with Crippen LogP contribution in [0.25, 0.3) is 0 Å².